The molecule has 4 rings (SSSR count). The monoisotopic (exact) mass is 367 g/mol. The van der Waals surface area contributed by atoms with Crippen LogP contribution in [0.15, 0.2) is 35.7 Å². The van der Waals surface area contributed by atoms with Crippen molar-refractivity contribution in [1.82, 2.24) is 14.9 Å². The Labute approximate surface area is 156 Å². The van der Waals surface area contributed by atoms with Crippen molar-refractivity contribution in [3.63, 3.8) is 0 Å². The third-order valence-electron chi connectivity index (χ3n) is 4.92. The predicted octanol–water partition coefficient (Wildman–Crippen LogP) is 3.92. The third-order valence-corrected chi connectivity index (χ3v) is 5.95. The Kier molecular flexibility index (Phi) is 4.59. The fourth-order valence-corrected chi connectivity index (χ4v) is 4.39. The summed E-state index contributed by atoms with van der Waals surface area (Å²) in [5.41, 5.74) is 2.67. The molecule has 0 unspecified atom stereocenters. The normalized spacial score (nSPS) is 17.6. The van der Waals surface area contributed by atoms with Gasteiger partial charge in [0.1, 0.15) is 5.82 Å². The number of likely N-dealkylation sites (tertiary alicyclic amines) is 1. The number of nitrogens with one attached hydrogen (secondary N) is 1. The maximum absolute atomic E-state index is 12.8. The number of aromatic amines is 1. The van der Waals surface area contributed by atoms with E-state index in [1.54, 1.807) is 11.4 Å². The minimum atomic E-state index is 0.00968. The quantitative estimate of drug-likeness (QED) is 0.711. The van der Waals surface area contributed by atoms with E-state index in [1.807, 2.05) is 29.2 Å². The maximum Gasteiger partial charge on any atom is 0.254 e. The Bertz CT molecular complexity index is 926. The Morgan fingerprint density at radius 1 is 1.35 bits per heavy atom. The van der Waals surface area contributed by atoms with E-state index in [-0.39, 0.29) is 11.7 Å². The number of amides is 1. The molecule has 2 aromatic heterocycles. The first-order chi connectivity index (χ1) is 12.6. The molecule has 1 N–H and O–H groups in total. The number of benzene rings is 1. The number of thiophene rings is 1. The largest absolute Gasteiger partial charge is 0.342 e. The number of piperidine rings is 1. The number of hydrogen-bond donors (Lipinski definition) is 1. The molecule has 0 spiro atoms. The Hall–Kier alpha value is -2.47. The first kappa shape index (κ1) is 17.0. The summed E-state index contributed by atoms with van der Waals surface area (Å²) in [7, 11) is 0. The molecule has 1 saturated heterocycles. The van der Waals surface area contributed by atoms with Crippen LogP contribution in [-0.2, 0) is 6.42 Å². The minimum Gasteiger partial charge on any atom is -0.342 e. The molecule has 3 heterocycles. The van der Waals surface area contributed by atoms with Gasteiger partial charge in [-0.2, -0.15) is 0 Å². The summed E-state index contributed by atoms with van der Waals surface area (Å²) in [6.07, 6.45) is 2.95. The van der Waals surface area contributed by atoms with Crippen molar-refractivity contribution >= 4 is 34.1 Å². The van der Waals surface area contributed by atoms with Gasteiger partial charge in [-0.3, -0.25) is 9.59 Å². The highest BCUT2D eigenvalue weighted by atomic mass is 32.1. The van der Waals surface area contributed by atoms with Crippen LogP contribution in [0.25, 0.3) is 11.0 Å². The van der Waals surface area contributed by atoms with E-state index < -0.39 is 0 Å². The topological polar surface area (TPSA) is 66.1 Å². The van der Waals surface area contributed by atoms with Gasteiger partial charge < -0.3 is 9.88 Å². The van der Waals surface area contributed by atoms with Crippen molar-refractivity contribution in [1.29, 1.82) is 0 Å². The zero-order chi connectivity index (χ0) is 18.1. The Balaban J connectivity index is 1.44. The zero-order valence-corrected chi connectivity index (χ0v) is 15.5. The molecular formula is C20H21N3O2S. The highest BCUT2D eigenvalue weighted by Crippen LogP contribution is 2.24. The lowest BCUT2D eigenvalue weighted by Gasteiger charge is -2.32. The minimum absolute atomic E-state index is 0.00968. The van der Waals surface area contributed by atoms with Crippen molar-refractivity contribution in [2.24, 2.45) is 5.92 Å². The van der Waals surface area contributed by atoms with Crippen LogP contribution in [-0.4, -0.2) is 39.6 Å². The number of para-hydroxylation sites is 2. The average molecular weight is 367 g/mol. The molecule has 6 heteroatoms. The zero-order valence-electron chi connectivity index (χ0n) is 14.7. The molecule has 1 aliphatic heterocycles. The molecule has 0 aliphatic carbocycles. The van der Waals surface area contributed by atoms with Crippen molar-refractivity contribution in [2.45, 2.75) is 26.2 Å². The second kappa shape index (κ2) is 7.03. The molecule has 5 nitrogen and oxygen atoms in total. The van der Waals surface area contributed by atoms with Gasteiger partial charge in [0.15, 0.2) is 5.78 Å². The second-order valence-corrected chi connectivity index (χ2v) is 7.83. The number of ketones is 1. The number of nitrogens with zero attached hydrogens (tertiary/aromatic N) is 2. The van der Waals surface area contributed by atoms with Gasteiger partial charge in [-0.05, 0) is 43.9 Å². The number of H-pyrrole nitrogens is 1. The predicted molar refractivity (Wildman–Crippen MR) is 103 cm³/mol. The van der Waals surface area contributed by atoms with Gasteiger partial charge >= 0.3 is 0 Å². The van der Waals surface area contributed by atoms with E-state index >= 15 is 0 Å². The van der Waals surface area contributed by atoms with E-state index in [2.05, 4.69) is 9.97 Å². The first-order valence-electron chi connectivity index (χ1n) is 8.92. The highest BCUT2D eigenvalue weighted by Gasteiger charge is 2.26. The van der Waals surface area contributed by atoms with Gasteiger partial charge in [0, 0.05) is 24.9 Å². The summed E-state index contributed by atoms with van der Waals surface area (Å²) in [4.78, 5) is 34.8. The van der Waals surface area contributed by atoms with Crippen LogP contribution < -0.4 is 0 Å². The van der Waals surface area contributed by atoms with Crippen LogP contribution in [0.1, 0.15) is 45.6 Å². The molecule has 0 bridgehead atoms. The number of carbonyl (C=O) groups excluding carboxylic acids is 2. The first-order valence-corrected chi connectivity index (χ1v) is 9.80. The van der Waals surface area contributed by atoms with E-state index in [4.69, 9.17) is 0 Å². The van der Waals surface area contributed by atoms with Gasteiger partial charge in [-0.25, -0.2) is 4.98 Å². The molecule has 1 aliphatic rings. The van der Waals surface area contributed by atoms with Gasteiger partial charge in [-0.15, -0.1) is 11.3 Å². The number of aromatic nitrogens is 2. The van der Waals surface area contributed by atoms with Gasteiger partial charge in [0.05, 0.1) is 21.5 Å². The van der Waals surface area contributed by atoms with Crippen LogP contribution in [0.2, 0.25) is 0 Å². The fraction of sp³-hybridized carbons (Fsp3) is 0.350. The lowest BCUT2D eigenvalue weighted by atomic mass is 9.94. The summed E-state index contributed by atoms with van der Waals surface area (Å²) in [6, 6.07) is 9.75. The third kappa shape index (κ3) is 3.42. The van der Waals surface area contributed by atoms with Crippen LogP contribution in [0.4, 0.5) is 0 Å². The summed E-state index contributed by atoms with van der Waals surface area (Å²) in [5, 5.41) is 1.79. The maximum atomic E-state index is 12.8. The highest BCUT2D eigenvalue weighted by molar-refractivity contribution is 7.12. The van der Waals surface area contributed by atoms with Crippen LogP contribution >= 0.6 is 11.3 Å². The van der Waals surface area contributed by atoms with Crippen molar-refractivity contribution in [2.75, 3.05) is 13.1 Å². The molecule has 1 fully saturated rings. The fourth-order valence-electron chi connectivity index (χ4n) is 3.61. The second-order valence-electron chi connectivity index (χ2n) is 6.92. The van der Waals surface area contributed by atoms with E-state index in [9.17, 15) is 9.59 Å². The van der Waals surface area contributed by atoms with Gasteiger partial charge in [0.2, 0.25) is 0 Å². The Morgan fingerprint density at radius 3 is 2.96 bits per heavy atom. The molecule has 3 aromatic rings. The smallest absolute Gasteiger partial charge is 0.254 e. The number of hydrogen-bond acceptors (Lipinski definition) is 4. The lowest BCUT2D eigenvalue weighted by molar-refractivity contribution is 0.0673. The summed E-state index contributed by atoms with van der Waals surface area (Å²) >= 11 is 1.34. The van der Waals surface area contributed by atoms with Crippen LogP contribution in [0, 0.1) is 5.92 Å². The van der Waals surface area contributed by atoms with E-state index in [1.165, 1.54) is 18.3 Å². The molecule has 134 valence electrons. The summed E-state index contributed by atoms with van der Waals surface area (Å²) < 4.78 is 0. The van der Waals surface area contributed by atoms with Crippen LogP contribution in [0.5, 0.6) is 0 Å². The van der Waals surface area contributed by atoms with Gasteiger partial charge in [0.25, 0.3) is 5.91 Å². The molecule has 1 aromatic carbocycles. The molecule has 26 heavy (non-hydrogen) atoms. The Morgan fingerprint density at radius 2 is 2.19 bits per heavy atom. The van der Waals surface area contributed by atoms with Crippen molar-refractivity contribution in [3.05, 3.63) is 52.0 Å². The average Bonchev–Trinajstić information content (AvgIpc) is 3.28. The standard InChI is InChI=1S/C20H21N3O2S/c1-13(24)18-10-15(12-26-18)20(25)23-8-4-5-14(11-23)9-19-21-16-6-2-3-7-17(16)22-19/h2-3,6-7,10,12,14H,4-5,8-9,11H2,1H3,(H,21,22)/t14-/m1/s1. The number of fused-ring (bicyclic) bond motifs is 1. The summed E-state index contributed by atoms with van der Waals surface area (Å²) in [5.74, 6) is 1.43. The van der Waals surface area contributed by atoms with Crippen LogP contribution in [0.3, 0.4) is 0 Å². The lowest BCUT2D eigenvalue weighted by Crippen LogP contribution is -2.40. The number of imidazole rings is 1. The van der Waals surface area contributed by atoms with Crippen molar-refractivity contribution in [3.8, 4) is 0 Å². The molecule has 0 saturated carbocycles. The number of Topliss-reactive ketones (excluding diaryl/α,β-unsaturated/α-hetero) is 1. The molecule has 1 atom stereocenters. The molecule has 0 radical (unpaired) electrons. The van der Waals surface area contributed by atoms with E-state index in [0.29, 0.717) is 16.4 Å². The van der Waals surface area contributed by atoms with Gasteiger partial charge in [-0.1, -0.05) is 12.1 Å². The van der Waals surface area contributed by atoms with Crippen molar-refractivity contribution < 1.29 is 9.59 Å². The summed E-state index contributed by atoms with van der Waals surface area (Å²) in [6.45, 7) is 3.05. The number of carbonyl (C=O) groups is 2. The van der Waals surface area contributed by atoms with E-state index in [0.717, 1.165) is 49.2 Å². The SMILES string of the molecule is CC(=O)c1cc(C(=O)N2CCC[C@H](Cc3nc4ccccc4[nH]3)C2)cs1. The molecular weight excluding hydrogens is 346 g/mol. The molecule has 1 amide bonds. The number of rotatable bonds is 4.